The van der Waals surface area contributed by atoms with Crippen molar-refractivity contribution in [2.75, 3.05) is 18.4 Å². The molecule has 0 radical (unpaired) electrons. The molecule has 1 amide bonds. The van der Waals surface area contributed by atoms with Gasteiger partial charge in [0.1, 0.15) is 0 Å². The number of carbonyl (C=O) groups is 1. The molecule has 30 heavy (non-hydrogen) atoms. The Labute approximate surface area is 178 Å². The van der Waals surface area contributed by atoms with E-state index in [1.807, 2.05) is 32.9 Å². The quantitative estimate of drug-likeness (QED) is 0.790. The van der Waals surface area contributed by atoms with Crippen LogP contribution in [0.4, 0.5) is 5.69 Å². The molecule has 1 atom stereocenters. The molecule has 0 unspecified atom stereocenters. The number of benzene rings is 2. The maximum absolute atomic E-state index is 13.3. The fraction of sp³-hybridized carbons (Fsp3) is 0.391. The van der Waals surface area contributed by atoms with Crippen LogP contribution in [0.3, 0.4) is 0 Å². The first-order valence-electron chi connectivity index (χ1n) is 10.1. The molecule has 0 spiro atoms. The molecule has 1 N–H and O–H groups in total. The van der Waals surface area contributed by atoms with Gasteiger partial charge in [-0.3, -0.25) is 4.79 Å². The van der Waals surface area contributed by atoms with Gasteiger partial charge < -0.3 is 5.32 Å². The van der Waals surface area contributed by atoms with Crippen molar-refractivity contribution in [1.29, 1.82) is 5.26 Å². The van der Waals surface area contributed by atoms with Crippen LogP contribution in [0.5, 0.6) is 0 Å². The highest BCUT2D eigenvalue weighted by Gasteiger charge is 2.34. The lowest BCUT2D eigenvalue weighted by molar-refractivity contribution is -0.120. The Balaban J connectivity index is 1.74. The minimum Gasteiger partial charge on any atom is -0.326 e. The number of nitriles is 1. The van der Waals surface area contributed by atoms with E-state index < -0.39 is 15.9 Å². The summed E-state index contributed by atoms with van der Waals surface area (Å²) in [6.07, 6.45) is 1.61. The summed E-state index contributed by atoms with van der Waals surface area (Å²) in [7, 11) is -3.67. The molecule has 0 aromatic heterocycles. The lowest BCUT2D eigenvalue weighted by Crippen LogP contribution is -2.44. The van der Waals surface area contributed by atoms with Crippen LogP contribution in [-0.4, -0.2) is 31.7 Å². The maximum Gasteiger partial charge on any atom is 0.243 e. The van der Waals surface area contributed by atoms with Crippen molar-refractivity contribution >= 4 is 21.6 Å². The zero-order chi connectivity index (χ0) is 21.9. The predicted molar refractivity (Wildman–Crippen MR) is 117 cm³/mol. The summed E-state index contributed by atoms with van der Waals surface area (Å²) in [5.74, 6) is -0.585. The average molecular weight is 426 g/mol. The van der Waals surface area contributed by atoms with Crippen molar-refractivity contribution in [2.24, 2.45) is 5.92 Å². The van der Waals surface area contributed by atoms with E-state index in [0.29, 0.717) is 36.4 Å². The van der Waals surface area contributed by atoms with Gasteiger partial charge in [-0.15, -0.1) is 0 Å². The molecular formula is C23H27N3O3S. The molecule has 7 heteroatoms. The Morgan fingerprint density at radius 3 is 2.40 bits per heavy atom. The van der Waals surface area contributed by atoms with Crippen molar-refractivity contribution < 1.29 is 13.2 Å². The lowest BCUT2D eigenvalue weighted by atomic mass is 9.98. The molecule has 1 fully saturated rings. The van der Waals surface area contributed by atoms with Gasteiger partial charge in [-0.2, -0.15) is 9.57 Å². The molecule has 1 aliphatic rings. The fourth-order valence-electron chi connectivity index (χ4n) is 4.12. The molecule has 1 aliphatic heterocycles. The van der Waals surface area contributed by atoms with E-state index in [-0.39, 0.29) is 12.5 Å². The summed E-state index contributed by atoms with van der Waals surface area (Å²) < 4.78 is 28.1. The summed E-state index contributed by atoms with van der Waals surface area (Å²) in [6.45, 7) is 6.17. The second kappa shape index (κ2) is 8.99. The van der Waals surface area contributed by atoms with Gasteiger partial charge in [0.05, 0.1) is 23.3 Å². The Bertz CT molecular complexity index is 1060. The Kier molecular flexibility index (Phi) is 6.59. The molecule has 0 bridgehead atoms. The monoisotopic (exact) mass is 425 g/mol. The Morgan fingerprint density at radius 1 is 1.17 bits per heavy atom. The normalized spacial score (nSPS) is 17.3. The Morgan fingerprint density at radius 2 is 1.80 bits per heavy atom. The summed E-state index contributed by atoms with van der Waals surface area (Å²) in [5, 5.41) is 11.6. The van der Waals surface area contributed by atoms with E-state index in [2.05, 4.69) is 11.4 Å². The molecule has 6 nitrogen and oxygen atoms in total. The van der Waals surface area contributed by atoms with Gasteiger partial charge in [0, 0.05) is 18.8 Å². The number of amides is 1. The first kappa shape index (κ1) is 22.0. The number of piperidine rings is 1. The molecule has 158 valence electrons. The van der Waals surface area contributed by atoms with E-state index in [0.717, 1.165) is 22.3 Å². The molecule has 2 aromatic rings. The Hall–Kier alpha value is -2.69. The number of carbonyl (C=O) groups excluding carboxylic acids is 1. The van der Waals surface area contributed by atoms with Crippen LogP contribution in [-0.2, 0) is 21.2 Å². The van der Waals surface area contributed by atoms with Gasteiger partial charge >= 0.3 is 0 Å². The summed E-state index contributed by atoms with van der Waals surface area (Å²) in [6, 6.07) is 13.0. The number of aryl methyl sites for hydroxylation is 3. The smallest absolute Gasteiger partial charge is 0.243 e. The van der Waals surface area contributed by atoms with E-state index in [1.165, 1.54) is 4.31 Å². The van der Waals surface area contributed by atoms with Crippen LogP contribution in [0.25, 0.3) is 0 Å². The number of anilines is 1. The van der Waals surface area contributed by atoms with Gasteiger partial charge in [-0.1, -0.05) is 29.8 Å². The second-order valence-electron chi connectivity index (χ2n) is 7.95. The van der Waals surface area contributed by atoms with Gasteiger partial charge in [0.25, 0.3) is 0 Å². The molecule has 3 rings (SSSR count). The third-order valence-corrected chi connectivity index (χ3v) is 7.63. The van der Waals surface area contributed by atoms with Crippen LogP contribution in [0.2, 0.25) is 0 Å². The maximum atomic E-state index is 13.3. The highest BCUT2D eigenvalue weighted by atomic mass is 32.2. The zero-order valence-electron chi connectivity index (χ0n) is 17.6. The van der Waals surface area contributed by atoms with Crippen LogP contribution in [0, 0.1) is 38.0 Å². The van der Waals surface area contributed by atoms with Crippen molar-refractivity contribution in [3.8, 4) is 6.07 Å². The second-order valence-corrected chi connectivity index (χ2v) is 9.83. The topological polar surface area (TPSA) is 90.3 Å². The molecule has 0 aliphatic carbocycles. The SMILES string of the molecule is Cc1cc(C)c(S(=O)(=O)N2CCC[C@H](C(=O)Nc3ccc(CC#N)cc3)C2)c(C)c1. The van der Waals surface area contributed by atoms with E-state index in [9.17, 15) is 13.2 Å². The average Bonchev–Trinajstić information content (AvgIpc) is 2.69. The minimum atomic E-state index is -3.67. The van der Waals surface area contributed by atoms with Gasteiger partial charge in [-0.05, 0) is 62.4 Å². The highest BCUT2D eigenvalue weighted by Crippen LogP contribution is 2.29. The minimum absolute atomic E-state index is 0.174. The van der Waals surface area contributed by atoms with Gasteiger partial charge in [0.15, 0.2) is 0 Å². The van der Waals surface area contributed by atoms with Crippen molar-refractivity contribution in [2.45, 2.75) is 44.9 Å². The van der Waals surface area contributed by atoms with Crippen LogP contribution < -0.4 is 5.32 Å². The van der Waals surface area contributed by atoms with E-state index >= 15 is 0 Å². The summed E-state index contributed by atoms with van der Waals surface area (Å²) in [5.41, 5.74) is 4.02. The van der Waals surface area contributed by atoms with Gasteiger partial charge in [-0.25, -0.2) is 8.42 Å². The number of hydrogen-bond donors (Lipinski definition) is 1. The van der Waals surface area contributed by atoms with Crippen LogP contribution >= 0.6 is 0 Å². The number of rotatable bonds is 5. The lowest BCUT2D eigenvalue weighted by Gasteiger charge is -2.32. The van der Waals surface area contributed by atoms with Crippen LogP contribution in [0.1, 0.15) is 35.1 Å². The molecular weight excluding hydrogens is 398 g/mol. The van der Waals surface area contributed by atoms with Crippen molar-refractivity contribution in [3.05, 3.63) is 58.7 Å². The largest absolute Gasteiger partial charge is 0.326 e. The van der Waals surface area contributed by atoms with E-state index in [1.54, 1.807) is 24.3 Å². The van der Waals surface area contributed by atoms with Crippen molar-refractivity contribution in [3.63, 3.8) is 0 Å². The number of sulfonamides is 1. The number of hydrogen-bond acceptors (Lipinski definition) is 4. The number of nitrogens with one attached hydrogen (secondary N) is 1. The predicted octanol–water partition coefficient (Wildman–Crippen LogP) is 3.72. The summed E-state index contributed by atoms with van der Waals surface area (Å²) in [4.78, 5) is 13.1. The molecule has 2 aromatic carbocycles. The zero-order valence-corrected chi connectivity index (χ0v) is 18.4. The fourth-order valence-corrected chi connectivity index (χ4v) is 6.05. The molecule has 1 saturated heterocycles. The van der Waals surface area contributed by atoms with Crippen molar-refractivity contribution in [1.82, 2.24) is 4.31 Å². The third-order valence-electron chi connectivity index (χ3n) is 5.46. The number of nitrogens with zero attached hydrogens (tertiary/aromatic N) is 2. The third kappa shape index (κ3) is 4.72. The van der Waals surface area contributed by atoms with Gasteiger partial charge in [0.2, 0.25) is 15.9 Å². The van der Waals surface area contributed by atoms with Crippen LogP contribution in [0.15, 0.2) is 41.3 Å². The standard InChI is InChI=1S/C23H27N3O3S/c1-16-13-17(2)22(18(3)14-16)30(28,29)26-12-4-5-20(15-26)23(27)25-21-8-6-19(7-9-21)10-11-24/h6-9,13-14,20H,4-5,10,12,15H2,1-3H3,(H,25,27)/t20-/m0/s1. The first-order valence-corrected chi connectivity index (χ1v) is 11.5. The molecule has 0 saturated carbocycles. The summed E-state index contributed by atoms with van der Waals surface area (Å²) >= 11 is 0. The molecule has 1 heterocycles. The van der Waals surface area contributed by atoms with E-state index in [4.69, 9.17) is 5.26 Å². The first-order chi connectivity index (χ1) is 14.2. The highest BCUT2D eigenvalue weighted by molar-refractivity contribution is 7.89.